The minimum Gasteiger partial charge on any atom is -0.378 e. The Kier molecular flexibility index (Phi) is 6.95. The van der Waals surface area contributed by atoms with Gasteiger partial charge in [-0.2, -0.15) is 0 Å². The van der Waals surface area contributed by atoms with Gasteiger partial charge in [0.1, 0.15) is 0 Å². The lowest BCUT2D eigenvalue weighted by molar-refractivity contribution is -0.136. The van der Waals surface area contributed by atoms with Crippen LogP contribution >= 0.6 is 0 Å². The molecule has 32 heavy (non-hydrogen) atoms. The fraction of sp³-hybridized carbons (Fsp3) is 0.609. The number of hydrogen-bond donors (Lipinski definition) is 2. The van der Waals surface area contributed by atoms with E-state index in [2.05, 4.69) is 15.5 Å². The summed E-state index contributed by atoms with van der Waals surface area (Å²) in [6.45, 7) is 3.65. The Morgan fingerprint density at radius 1 is 1.19 bits per heavy atom. The number of rotatable bonds is 6. The summed E-state index contributed by atoms with van der Waals surface area (Å²) in [6.07, 6.45) is 1.74. The van der Waals surface area contributed by atoms with Crippen LogP contribution in [0, 0.1) is 0 Å². The average molecular weight is 444 g/mol. The molecule has 3 atom stereocenters. The van der Waals surface area contributed by atoms with Gasteiger partial charge in [0.2, 0.25) is 11.8 Å². The number of carbonyl (C=O) groups is 3. The minimum atomic E-state index is -0.256. The number of carbonyl (C=O) groups excluding carboxylic acids is 3. The van der Waals surface area contributed by atoms with E-state index in [9.17, 15) is 14.4 Å². The Morgan fingerprint density at radius 2 is 1.91 bits per heavy atom. The number of ether oxygens (including phenoxy) is 1. The Hall–Kier alpha value is -2.65. The van der Waals surface area contributed by atoms with Crippen molar-refractivity contribution in [3.63, 3.8) is 0 Å². The SMILES string of the molecule is CN(C)c1ccc(C(=O)N[C@H]2C[C@H]3C(=O)NC[C@@H](CCC(=O)N4CCOCC4)N3C2)cc1. The van der Waals surface area contributed by atoms with Gasteiger partial charge < -0.3 is 25.2 Å². The zero-order valence-electron chi connectivity index (χ0n) is 18.9. The molecule has 3 heterocycles. The highest BCUT2D eigenvalue weighted by Gasteiger charge is 2.43. The van der Waals surface area contributed by atoms with Crippen LogP contribution in [0.1, 0.15) is 29.6 Å². The monoisotopic (exact) mass is 443 g/mol. The van der Waals surface area contributed by atoms with E-state index in [1.54, 1.807) is 0 Å². The van der Waals surface area contributed by atoms with Gasteiger partial charge in [0.05, 0.1) is 19.3 Å². The summed E-state index contributed by atoms with van der Waals surface area (Å²) in [4.78, 5) is 43.7. The van der Waals surface area contributed by atoms with Crippen molar-refractivity contribution in [2.45, 2.75) is 37.4 Å². The van der Waals surface area contributed by atoms with Crippen molar-refractivity contribution in [3.05, 3.63) is 29.8 Å². The normalized spacial score (nSPS) is 25.8. The van der Waals surface area contributed by atoms with Crippen molar-refractivity contribution >= 4 is 23.4 Å². The predicted molar refractivity (Wildman–Crippen MR) is 121 cm³/mol. The lowest BCUT2D eigenvalue weighted by Gasteiger charge is -2.37. The number of amides is 3. The van der Waals surface area contributed by atoms with Crippen molar-refractivity contribution in [2.24, 2.45) is 0 Å². The Morgan fingerprint density at radius 3 is 2.59 bits per heavy atom. The highest BCUT2D eigenvalue weighted by atomic mass is 16.5. The third-order valence-electron chi connectivity index (χ3n) is 6.66. The van der Waals surface area contributed by atoms with E-state index < -0.39 is 0 Å². The molecule has 3 aliphatic rings. The number of benzene rings is 1. The number of piperazine rings is 1. The van der Waals surface area contributed by atoms with E-state index in [-0.39, 0.29) is 35.8 Å². The van der Waals surface area contributed by atoms with Crippen molar-refractivity contribution in [1.82, 2.24) is 20.4 Å². The molecule has 0 aliphatic carbocycles. The van der Waals surface area contributed by atoms with Gasteiger partial charge in [-0.3, -0.25) is 19.3 Å². The number of fused-ring (bicyclic) bond motifs is 1. The summed E-state index contributed by atoms with van der Waals surface area (Å²) < 4.78 is 5.32. The van der Waals surface area contributed by atoms with E-state index in [0.717, 1.165) is 5.69 Å². The second kappa shape index (κ2) is 9.87. The quantitative estimate of drug-likeness (QED) is 0.646. The van der Waals surface area contributed by atoms with Crippen LogP contribution in [0.5, 0.6) is 0 Å². The topological polar surface area (TPSA) is 94.2 Å². The third-order valence-corrected chi connectivity index (χ3v) is 6.66. The first kappa shape index (κ1) is 22.5. The summed E-state index contributed by atoms with van der Waals surface area (Å²) in [5, 5.41) is 6.08. The van der Waals surface area contributed by atoms with Gasteiger partial charge >= 0.3 is 0 Å². The zero-order chi connectivity index (χ0) is 22.7. The second-order valence-electron chi connectivity index (χ2n) is 8.99. The third kappa shape index (κ3) is 5.05. The van der Waals surface area contributed by atoms with Gasteiger partial charge in [0.15, 0.2) is 0 Å². The lowest BCUT2D eigenvalue weighted by Crippen LogP contribution is -2.58. The summed E-state index contributed by atoms with van der Waals surface area (Å²) in [6, 6.07) is 7.23. The standard InChI is InChI=1S/C23H33N5O4/c1-26(2)18-5-3-16(4-6-18)22(30)25-17-13-20-23(31)24-14-19(28(20)15-17)7-8-21(29)27-9-11-32-12-10-27/h3-6,17,19-20H,7-15H2,1-2H3,(H,24,31)(H,25,30)/t17-,19+,20-/m0/s1. The first-order valence-corrected chi connectivity index (χ1v) is 11.4. The van der Waals surface area contributed by atoms with Gasteiger partial charge in [-0.05, 0) is 37.1 Å². The molecule has 0 radical (unpaired) electrons. The highest BCUT2D eigenvalue weighted by molar-refractivity contribution is 5.95. The molecular formula is C23H33N5O4. The molecule has 0 bridgehead atoms. The van der Waals surface area contributed by atoms with Crippen molar-refractivity contribution < 1.29 is 19.1 Å². The number of anilines is 1. The van der Waals surface area contributed by atoms with Gasteiger partial charge in [-0.15, -0.1) is 0 Å². The molecule has 0 saturated carbocycles. The molecule has 0 aromatic heterocycles. The first-order valence-electron chi connectivity index (χ1n) is 11.4. The molecule has 0 spiro atoms. The number of hydrogen-bond acceptors (Lipinski definition) is 6. The molecule has 1 aromatic carbocycles. The molecule has 3 amide bonds. The average Bonchev–Trinajstić information content (AvgIpc) is 3.23. The number of nitrogens with one attached hydrogen (secondary N) is 2. The molecular weight excluding hydrogens is 410 g/mol. The summed E-state index contributed by atoms with van der Waals surface area (Å²) in [5.41, 5.74) is 1.64. The Bertz CT molecular complexity index is 837. The maximum Gasteiger partial charge on any atom is 0.251 e. The molecule has 3 aliphatic heterocycles. The maximum atomic E-state index is 12.7. The van der Waals surface area contributed by atoms with Crippen LogP contribution in [0.3, 0.4) is 0 Å². The van der Waals surface area contributed by atoms with Crippen LogP contribution in [0.4, 0.5) is 5.69 Å². The molecule has 1 aromatic rings. The lowest BCUT2D eigenvalue weighted by atomic mass is 10.0. The Balaban J connectivity index is 1.33. The van der Waals surface area contributed by atoms with E-state index in [1.165, 1.54) is 0 Å². The predicted octanol–water partition coefficient (Wildman–Crippen LogP) is 0.0627. The molecule has 0 unspecified atom stereocenters. The molecule has 174 valence electrons. The van der Waals surface area contributed by atoms with E-state index >= 15 is 0 Å². The van der Waals surface area contributed by atoms with Crippen LogP contribution in [-0.2, 0) is 14.3 Å². The van der Waals surface area contributed by atoms with Gasteiger partial charge in [-0.1, -0.05) is 0 Å². The van der Waals surface area contributed by atoms with Crippen LogP contribution in [0.15, 0.2) is 24.3 Å². The smallest absolute Gasteiger partial charge is 0.251 e. The molecule has 9 heteroatoms. The summed E-state index contributed by atoms with van der Waals surface area (Å²) in [5.74, 6) is 0.0272. The van der Waals surface area contributed by atoms with Crippen LogP contribution in [0.2, 0.25) is 0 Å². The summed E-state index contributed by atoms with van der Waals surface area (Å²) in [7, 11) is 3.92. The number of morpholine rings is 1. The van der Waals surface area contributed by atoms with Crippen molar-refractivity contribution in [3.8, 4) is 0 Å². The fourth-order valence-corrected chi connectivity index (χ4v) is 4.79. The van der Waals surface area contributed by atoms with Crippen LogP contribution < -0.4 is 15.5 Å². The van der Waals surface area contributed by atoms with E-state index in [0.29, 0.717) is 64.2 Å². The largest absolute Gasteiger partial charge is 0.378 e. The zero-order valence-corrected chi connectivity index (χ0v) is 18.9. The molecule has 9 nitrogen and oxygen atoms in total. The summed E-state index contributed by atoms with van der Waals surface area (Å²) >= 11 is 0. The van der Waals surface area contributed by atoms with Crippen molar-refractivity contribution in [1.29, 1.82) is 0 Å². The van der Waals surface area contributed by atoms with E-state index in [1.807, 2.05) is 48.2 Å². The van der Waals surface area contributed by atoms with Gasteiger partial charge in [0, 0.05) is 70.0 Å². The first-order chi connectivity index (χ1) is 15.4. The number of nitrogens with zero attached hydrogens (tertiary/aromatic N) is 3. The van der Waals surface area contributed by atoms with Gasteiger partial charge in [-0.25, -0.2) is 0 Å². The molecule has 3 fully saturated rings. The minimum absolute atomic E-state index is 0.00726. The van der Waals surface area contributed by atoms with Crippen molar-refractivity contribution in [2.75, 3.05) is 58.4 Å². The highest BCUT2D eigenvalue weighted by Crippen LogP contribution is 2.26. The molecule has 2 N–H and O–H groups in total. The maximum absolute atomic E-state index is 12.7. The Labute approximate surface area is 189 Å². The fourth-order valence-electron chi connectivity index (χ4n) is 4.79. The van der Waals surface area contributed by atoms with E-state index in [4.69, 9.17) is 4.74 Å². The van der Waals surface area contributed by atoms with Crippen LogP contribution in [0.25, 0.3) is 0 Å². The second-order valence-corrected chi connectivity index (χ2v) is 8.99. The van der Waals surface area contributed by atoms with Crippen LogP contribution in [-0.4, -0.2) is 99.1 Å². The molecule has 3 saturated heterocycles. The molecule has 4 rings (SSSR count). The van der Waals surface area contributed by atoms with Gasteiger partial charge in [0.25, 0.3) is 5.91 Å².